The Kier molecular flexibility index (Phi) is 5.64. The lowest BCUT2D eigenvalue weighted by Gasteiger charge is -2.21. The summed E-state index contributed by atoms with van der Waals surface area (Å²) in [6.07, 6.45) is 0.351. The molecular weight excluding hydrogens is 436 g/mol. The van der Waals surface area contributed by atoms with Crippen LogP contribution in [0.5, 0.6) is 0 Å². The van der Waals surface area contributed by atoms with Crippen LogP contribution in [0, 0.1) is 20.2 Å². The standard InChI is InChI=1S/C17H13BrN4O6/c18-13-5-1-11(2-6-13)15-9-16(12-3-7-14(8-4-12)21(24)25)20(19-15)17(23)10-28-22(26)27/h1-8,16H,9-10H2. The summed E-state index contributed by atoms with van der Waals surface area (Å²) < 4.78 is 0.883. The number of benzene rings is 2. The van der Waals surface area contributed by atoms with Crippen LogP contribution in [-0.4, -0.2) is 33.2 Å². The fourth-order valence-electron chi connectivity index (χ4n) is 2.81. The van der Waals surface area contributed by atoms with Gasteiger partial charge in [-0.2, -0.15) is 5.10 Å². The Bertz CT molecular complexity index is 945. The van der Waals surface area contributed by atoms with Crippen LogP contribution in [0.15, 0.2) is 58.1 Å². The van der Waals surface area contributed by atoms with Crippen molar-refractivity contribution in [2.45, 2.75) is 12.5 Å². The van der Waals surface area contributed by atoms with Gasteiger partial charge < -0.3 is 4.84 Å². The molecule has 1 aliphatic heterocycles. The van der Waals surface area contributed by atoms with E-state index < -0.39 is 28.6 Å². The molecule has 1 aliphatic rings. The zero-order valence-electron chi connectivity index (χ0n) is 14.2. The molecule has 0 N–H and O–H groups in total. The topological polar surface area (TPSA) is 128 Å². The second kappa shape index (κ2) is 8.13. The number of hydrazone groups is 1. The van der Waals surface area contributed by atoms with Crippen molar-refractivity contribution >= 4 is 33.2 Å². The van der Waals surface area contributed by atoms with Gasteiger partial charge in [-0.15, -0.1) is 10.1 Å². The van der Waals surface area contributed by atoms with Crippen LogP contribution in [0.25, 0.3) is 0 Å². The van der Waals surface area contributed by atoms with Gasteiger partial charge in [-0.3, -0.25) is 14.9 Å². The maximum atomic E-state index is 12.4. The third kappa shape index (κ3) is 4.31. The summed E-state index contributed by atoms with van der Waals surface area (Å²) in [7, 11) is 0. The van der Waals surface area contributed by atoms with Crippen LogP contribution >= 0.6 is 15.9 Å². The molecule has 0 spiro atoms. The minimum atomic E-state index is -1.05. The number of nitrogens with zero attached hydrogens (tertiary/aromatic N) is 4. The highest BCUT2D eigenvalue weighted by Gasteiger charge is 2.33. The molecule has 0 fully saturated rings. The number of rotatable bonds is 6. The summed E-state index contributed by atoms with van der Waals surface area (Å²) in [4.78, 5) is 37.3. The van der Waals surface area contributed by atoms with Crippen LogP contribution in [0.3, 0.4) is 0 Å². The van der Waals surface area contributed by atoms with E-state index in [1.54, 1.807) is 0 Å². The van der Waals surface area contributed by atoms with E-state index in [0.29, 0.717) is 17.7 Å². The van der Waals surface area contributed by atoms with E-state index in [0.717, 1.165) is 15.0 Å². The second-order valence-corrected chi connectivity index (χ2v) is 6.77. The lowest BCUT2D eigenvalue weighted by atomic mass is 9.98. The fraction of sp³-hybridized carbons (Fsp3) is 0.176. The van der Waals surface area contributed by atoms with Crippen LogP contribution in [0.2, 0.25) is 0 Å². The van der Waals surface area contributed by atoms with E-state index in [4.69, 9.17) is 0 Å². The molecule has 0 saturated carbocycles. The predicted molar refractivity (Wildman–Crippen MR) is 101 cm³/mol. The molecule has 0 aliphatic carbocycles. The lowest BCUT2D eigenvalue weighted by molar-refractivity contribution is -0.754. The molecule has 2 aromatic rings. The zero-order valence-corrected chi connectivity index (χ0v) is 15.8. The number of carbonyl (C=O) groups is 1. The van der Waals surface area contributed by atoms with E-state index in [2.05, 4.69) is 25.9 Å². The summed E-state index contributed by atoms with van der Waals surface area (Å²) in [5.74, 6) is -0.688. The normalized spacial score (nSPS) is 15.8. The van der Waals surface area contributed by atoms with E-state index in [1.165, 1.54) is 24.3 Å². The summed E-state index contributed by atoms with van der Waals surface area (Å²) in [6.45, 7) is -0.770. The van der Waals surface area contributed by atoms with E-state index in [1.807, 2.05) is 24.3 Å². The molecule has 0 bridgehead atoms. The number of non-ortho nitro benzene ring substituents is 1. The first-order valence-corrected chi connectivity index (χ1v) is 8.81. The second-order valence-electron chi connectivity index (χ2n) is 5.86. The van der Waals surface area contributed by atoms with E-state index in [-0.39, 0.29) is 5.69 Å². The Morgan fingerprint density at radius 1 is 1.14 bits per heavy atom. The van der Waals surface area contributed by atoms with Crippen molar-refractivity contribution < 1.29 is 19.6 Å². The molecule has 1 amide bonds. The number of hydrogen-bond donors (Lipinski definition) is 0. The van der Waals surface area contributed by atoms with Gasteiger partial charge in [0.05, 0.1) is 16.7 Å². The van der Waals surface area contributed by atoms with Gasteiger partial charge in [0.15, 0.2) is 6.61 Å². The van der Waals surface area contributed by atoms with Gasteiger partial charge in [0, 0.05) is 23.0 Å². The predicted octanol–water partition coefficient (Wildman–Crippen LogP) is 3.24. The number of hydrogen-bond acceptors (Lipinski definition) is 7. The molecule has 1 heterocycles. The maximum Gasteiger partial charge on any atom is 0.295 e. The maximum absolute atomic E-state index is 12.4. The Morgan fingerprint density at radius 3 is 2.36 bits per heavy atom. The van der Waals surface area contributed by atoms with Gasteiger partial charge in [-0.25, -0.2) is 5.01 Å². The Hall–Kier alpha value is -3.34. The zero-order chi connectivity index (χ0) is 20.3. The molecular formula is C17H13BrN4O6. The average molecular weight is 449 g/mol. The molecule has 1 atom stereocenters. The monoisotopic (exact) mass is 448 g/mol. The van der Waals surface area contributed by atoms with Crippen LogP contribution in [0.1, 0.15) is 23.6 Å². The Labute approximate surface area is 166 Å². The Balaban J connectivity index is 1.90. The first kappa shape index (κ1) is 19.4. The summed E-state index contributed by atoms with van der Waals surface area (Å²) in [5, 5.41) is 25.7. The molecule has 2 aromatic carbocycles. The van der Waals surface area contributed by atoms with Crippen molar-refractivity contribution in [2.24, 2.45) is 5.10 Å². The largest absolute Gasteiger partial charge is 0.304 e. The average Bonchev–Trinajstić information content (AvgIpc) is 3.12. The molecule has 11 heteroatoms. The van der Waals surface area contributed by atoms with E-state index in [9.17, 15) is 25.0 Å². The first-order valence-electron chi connectivity index (χ1n) is 8.02. The highest BCUT2D eigenvalue weighted by Crippen LogP contribution is 2.33. The molecule has 0 saturated heterocycles. The molecule has 0 radical (unpaired) electrons. The van der Waals surface area contributed by atoms with Crippen molar-refractivity contribution in [2.75, 3.05) is 6.61 Å². The molecule has 10 nitrogen and oxygen atoms in total. The third-order valence-electron chi connectivity index (χ3n) is 4.13. The van der Waals surface area contributed by atoms with Gasteiger partial charge in [0.1, 0.15) is 0 Å². The molecule has 28 heavy (non-hydrogen) atoms. The lowest BCUT2D eigenvalue weighted by Crippen LogP contribution is -2.31. The number of nitro groups is 1. The first-order chi connectivity index (χ1) is 13.3. The third-order valence-corrected chi connectivity index (χ3v) is 4.65. The minimum absolute atomic E-state index is 0.0784. The van der Waals surface area contributed by atoms with Gasteiger partial charge in [0.25, 0.3) is 16.7 Å². The van der Waals surface area contributed by atoms with Crippen molar-refractivity contribution in [3.8, 4) is 0 Å². The number of halogens is 1. The van der Waals surface area contributed by atoms with Gasteiger partial charge in [-0.1, -0.05) is 40.2 Å². The van der Waals surface area contributed by atoms with Crippen LogP contribution in [0.4, 0.5) is 5.69 Å². The quantitative estimate of drug-likeness (QED) is 0.492. The Morgan fingerprint density at radius 2 is 1.79 bits per heavy atom. The number of amides is 1. The summed E-state index contributed by atoms with van der Waals surface area (Å²) >= 11 is 3.35. The molecule has 1 unspecified atom stereocenters. The van der Waals surface area contributed by atoms with Crippen molar-refractivity contribution in [1.29, 1.82) is 0 Å². The van der Waals surface area contributed by atoms with Gasteiger partial charge in [-0.05, 0) is 23.3 Å². The molecule has 0 aromatic heterocycles. The summed E-state index contributed by atoms with van der Waals surface area (Å²) in [6, 6.07) is 12.5. The fourth-order valence-corrected chi connectivity index (χ4v) is 3.07. The van der Waals surface area contributed by atoms with Gasteiger partial charge >= 0.3 is 0 Å². The van der Waals surface area contributed by atoms with Crippen LogP contribution in [-0.2, 0) is 9.63 Å². The molecule has 144 valence electrons. The van der Waals surface area contributed by atoms with Gasteiger partial charge in [0.2, 0.25) is 0 Å². The number of carbonyl (C=O) groups excluding carboxylic acids is 1. The summed E-state index contributed by atoms with van der Waals surface area (Å²) in [5.41, 5.74) is 1.95. The van der Waals surface area contributed by atoms with Crippen molar-refractivity contribution in [1.82, 2.24) is 5.01 Å². The van der Waals surface area contributed by atoms with Crippen molar-refractivity contribution in [3.63, 3.8) is 0 Å². The van der Waals surface area contributed by atoms with E-state index >= 15 is 0 Å². The highest BCUT2D eigenvalue weighted by molar-refractivity contribution is 9.10. The SMILES string of the molecule is O=C(CO[N+](=O)[O-])N1N=C(c2ccc(Br)cc2)CC1c1ccc([N+](=O)[O-])cc1. The smallest absolute Gasteiger partial charge is 0.295 e. The highest BCUT2D eigenvalue weighted by atomic mass is 79.9. The number of nitro benzene ring substituents is 1. The van der Waals surface area contributed by atoms with Crippen LogP contribution < -0.4 is 0 Å². The van der Waals surface area contributed by atoms with Crippen molar-refractivity contribution in [3.05, 3.63) is 84.4 Å². The minimum Gasteiger partial charge on any atom is -0.304 e. The molecule has 3 rings (SSSR count).